The van der Waals surface area contributed by atoms with Gasteiger partial charge in [0, 0.05) is 25.2 Å². The summed E-state index contributed by atoms with van der Waals surface area (Å²) in [7, 11) is 0. The van der Waals surface area contributed by atoms with Gasteiger partial charge in [0.1, 0.15) is 0 Å². The first-order valence-electron chi connectivity index (χ1n) is 7.49. The molecule has 2 atom stereocenters. The fourth-order valence-electron chi connectivity index (χ4n) is 3.15. The highest BCUT2D eigenvalue weighted by Crippen LogP contribution is 2.19. The average molecular weight is 274 g/mol. The molecular formula is C17H26N2O. The summed E-state index contributed by atoms with van der Waals surface area (Å²) in [5, 5.41) is 3.42. The second kappa shape index (κ2) is 5.96. The maximum absolute atomic E-state index is 12.6. The van der Waals surface area contributed by atoms with Crippen LogP contribution in [0.1, 0.15) is 36.1 Å². The Balaban J connectivity index is 2.16. The largest absolute Gasteiger partial charge is 0.337 e. The van der Waals surface area contributed by atoms with E-state index in [-0.39, 0.29) is 11.9 Å². The van der Waals surface area contributed by atoms with Crippen molar-refractivity contribution in [1.29, 1.82) is 0 Å². The molecule has 0 aromatic heterocycles. The highest BCUT2D eigenvalue weighted by Gasteiger charge is 2.28. The van der Waals surface area contributed by atoms with Gasteiger partial charge in [-0.05, 0) is 51.3 Å². The van der Waals surface area contributed by atoms with E-state index < -0.39 is 0 Å². The van der Waals surface area contributed by atoms with Gasteiger partial charge >= 0.3 is 0 Å². The molecule has 2 rings (SSSR count). The van der Waals surface area contributed by atoms with Crippen LogP contribution in [0.25, 0.3) is 0 Å². The summed E-state index contributed by atoms with van der Waals surface area (Å²) < 4.78 is 0. The summed E-state index contributed by atoms with van der Waals surface area (Å²) in [5.41, 5.74) is 4.91. The van der Waals surface area contributed by atoms with Gasteiger partial charge < -0.3 is 10.2 Å². The van der Waals surface area contributed by atoms with E-state index in [1.54, 1.807) is 0 Å². The Morgan fingerprint density at radius 1 is 1.25 bits per heavy atom. The molecule has 3 heteroatoms. The van der Waals surface area contributed by atoms with E-state index in [1.165, 1.54) is 22.3 Å². The fourth-order valence-corrected chi connectivity index (χ4v) is 3.15. The number of amides is 1. The molecule has 1 aliphatic heterocycles. The Hall–Kier alpha value is -1.35. The van der Waals surface area contributed by atoms with Gasteiger partial charge in [-0.15, -0.1) is 0 Å². The van der Waals surface area contributed by atoms with Crippen LogP contribution in [-0.4, -0.2) is 36.0 Å². The predicted octanol–water partition coefficient (Wildman–Crippen LogP) is 2.36. The third-order valence-electron chi connectivity index (χ3n) is 4.52. The summed E-state index contributed by atoms with van der Waals surface area (Å²) in [5.74, 6) is 0.251. The van der Waals surface area contributed by atoms with Crippen LogP contribution in [0.4, 0.5) is 0 Å². The Morgan fingerprint density at radius 3 is 2.45 bits per heavy atom. The zero-order chi connectivity index (χ0) is 14.9. The maximum atomic E-state index is 12.6. The number of carbonyl (C=O) groups is 1. The van der Waals surface area contributed by atoms with Gasteiger partial charge in [-0.3, -0.25) is 4.79 Å². The molecule has 0 aliphatic carbocycles. The van der Waals surface area contributed by atoms with Gasteiger partial charge in [-0.2, -0.15) is 0 Å². The molecule has 1 heterocycles. The predicted molar refractivity (Wildman–Crippen MR) is 83.0 cm³/mol. The highest BCUT2D eigenvalue weighted by atomic mass is 16.2. The van der Waals surface area contributed by atoms with Crippen molar-refractivity contribution in [1.82, 2.24) is 10.2 Å². The Bertz CT molecular complexity index is 487. The molecular weight excluding hydrogens is 248 g/mol. The number of rotatable bonds is 2. The average Bonchev–Trinajstić information content (AvgIpc) is 2.36. The smallest absolute Gasteiger partial charge is 0.227 e. The topological polar surface area (TPSA) is 32.3 Å². The number of aryl methyl sites for hydroxylation is 3. The lowest BCUT2D eigenvalue weighted by molar-refractivity contribution is -0.134. The Labute approximate surface area is 122 Å². The van der Waals surface area contributed by atoms with Crippen LogP contribution in [0.2, 0.25) is 0 Å². The molecule has 0 bridgehead atoms. The van der Waals surface area contributed by atoms with Crippen molar-refractivity contribution in [3.8, 4) is 0 Å². The van der Waals surface area contributed by atoms with Gasteiger partial charge in [-0.25, -0.2) is 0 Å². The molecule has 3 nitrogen and oxygen atoms in total. The van der Waals surface area contributed by atoms with Gasteiger partial charge in [-0.1, -0.05) is 17.7 Å². The third kappa shape index (κ3) is 3.04. The summed E-state index contributed by atoms with van der Waals surface area (Å²) in [4.78, 5) is 14.6. The van der Waals surface area contributed by atoms with E-state index in [1.807, 2.05) is 4.90 Å². The first kappa shape index (κ1) is 15.0. The standard InChI is InChI=1S/C17H26N2O/c1-11-8-12(2)16(13(3)9-11)10-17(20)19-7-6-18-14(4)15(19)5/h8-9,14-15,18H,6-7,10H2,1-5H3. The molecule has 1 aliphatic rings. The Kier molecular flexibility index (Phi) is 4.48. The highest BCUT2D eigenvalue weighted by molar-refractivity contribution is 5.80. The van der Waals surface area contributed by atoms with E-state index in [0.717, 1.165) is 13.1 Å². The molecule has 0 saturated carbocycles. The molecule has 0 spiro atoms. The minimum atomic E-state index is 0.251. The van der Waals surface area contributed by atoms with Crippen molar-refractivity contribution >= 4 is 5.91 Å². The summed E-state index contributed by atoms with van der Waals surface area (Å²) in [6.45, 7) is 12.3. The van der Waals surface area contributed by atoms with E-state index in [9.17, 15) is 4.79 Å². The molecule has 110 valence electrons. The first-order chi connectivity index (χ1) is 9.40. The van der Waals surface area contributed by atoms with Crippen LogP contribution < -0.4 is 5.32 Å². The number of carbonyl (C=O) groups excluding carboxylic acids is 1. The van der Waals surface area contributed by atoms with Crippen LogP contribution >= 0.6 is 0 Å². The van der Waals surface area contributed by atoms with Crippen LogP contribution in [0.15, 0.2) is 12.1 Å². The molecule has 1 N–H and O–H groups in total. The number of nitrogens with zero attached hydrogens (tertiary/aromatic N) is 1. The van der Waals surface area contributed by atoms with Gasteiger partial charge in [0.25, 0.3) is 0 Å². The first-order valence-corrected chi connectivity index (χ1v) is 7.49. The second-order valence-electron chi connectivity index (χ2n) is 6.12. The van der Waals surface area contributed by atoms with Crippen molar-refractivity contribution in [2.45, 2.75) is 53.1 Å². The fraction of sp³-hybridized carbons (Fsp3) is 0.588. The number of benzene rings is 1. The van der Waals surface area contributed by atoms with E-state index in [2.05, 4.69) is 52.1 Å². The number of hydrogen-bond donors (Lipinski definition) is 1. The monoisotopic (exact) mass is 274 g/mol. The van der Waals surface area contributed by atoms with Crippen LogP contribution in [-0.2, 0) is 11.2 Å². The lowest BCUT2D eigenvalue weighted by atomic mass is 9.96. The number of hydrogen-bond acceptors (Lipinski definition) is 2. The summed E-state index contributed by atoms with van der Waals surface area (Å²) in [6.07, 6.45) is 0.523. The molecule has 1 aromatic carbocycles. The molecule has 0 radical (unpaired) electrons. The molecule has 1 amide bonds. The van der Waals surface area contributed by atoms with Crippen molar-refractivity contribution < 1.29 is 4.79 Å². The van der Waals surface area contributed by atoms with Crippen LogP contribution in [0, 0.1) is 20.8 Å². The van der Waals surface area contributed by atoms with Gasteiger partial charge in [0.2, 0.25) is 5.91 Å². The van der Waals surface area contributed by atoms with E-state index in [0.29, 0.717) is 12.5 Å². The maximum Gasteiger partial charge on any atom is 0.227 e. The molecule has 1 saturated heterocycles. The lowest BCUT2D eigenvalue weighted by Gasteiger charge is -2.39. The number of piperazine rings is 1. The second-order valence-corrected chi connectivity index (χ2v) is 6.12. The van der Waals surface area contributed by atoms with Gasteiger partial charge in [0.15, 0.2) is 0 Å². The quantitative estimate of drug-likeness (QED) is 0.898. The normalized spacial score (nSPS) is 22.9. The minimum Gasteiger partial charge on any atom is -0.337 e. The van der Waals surface area contributed by atoms with Crippen molar-refractivity contribution in [2.75, 3.05) is 13.1 Å². The van der Waals surface area contributed by atoms with Crippen molar-refractivity contribution in [2.24, 2.45) is 0 Å². The lowest BCUT2D eigenvalue weighted by Crippen LogP contribution is -2.57. The Morgan fingerprint density at radius 2 is 1.85 bits per heavy atom. The summed E-state index contributed by atoms with van der Waals surface area (Å²) >= 11 is 0. The molecule has 1 aromatic rings. The van der Waals surface area contributed by atoms with E-state index in [4.69, 9.17) is 0 Å². The number of nitrogens with one attached hydrogen (secondary N) is 1. The van der Waals surface area contributed by atoms with Crippen molar-refractivity contribution in [3.63, 3.8) is 0 Å². The van der Waals surface area contributed by atoms with Gasteiger partial charge in [0.05, 0.1) is 6.42 Å². The third-order valence-corrected chi connectivity index (χ3v) is 4.52. The molecule has 1 fully saturated rings. The van der Waals surface area contributed by atoms with Crippen molar-refractivity contribution in [3.05, 3.63) is 34.4 Å². The zero-order valence-corrected chi connectivity index (χ0v) is 13.3. The van der Waals surface area contributed by atoms with E-state index >= 15 is 0 Å². The molecule has 2 unspecified atom stereocenters. The zero-order valence-electron chi connectivity index (χ0n) is 13.3. The summed E-state index contributed by atoms with van der Waals surface area (Å²) in [6, 6.07) is 4.97. The SMILES string of the molecule is Cc1cc(C)c(CC(=O)N2CCNC(C)C2C)c(C)c1. The minimum absolute atomic E-state index is 0.251. The van der Waals surface area contributed by atoms with Crippen LogP contribution in [0.3, 0.4) is 0 Å². The van der Waals surface area contributed by atoms with Crippen LogP contribution in [0.5, 0.6) is 0 Å². The molecule has 20 heavy (non-hydrogen) atoms.